The summed E-state index contributed by atoms with van der Waals surface area (Å²) < 4.78 is 0. The number of alkyl halides is 2. The van der Waals surface area contributed by atoms with Crippen LogP contribution in [0, 0.1) is 0 Å². The van der Waals surface area contributed by atoms with Gasteiger partial charge in [-0.2, -0.15) is 0 Å². The summed E-state index contributed by atoms with van der Waals surface area (Å²) in [6, 6.07) is 1.33. The molecule has 2 N–H and O–H groups in total. The second-order valence-electron chi connectivity index (χ2n) is 3.70. The number of hydrogen-bond acceptors (Lipinski definition) is 2. The SMILES string of the molecule is CC(CBr)(CBr)NC(=O)c1c[nH]ccc1=O. The highest BCUT2D eigenvalue weighted by molar-refractivity contribution is 9.09. The number of hydrogen-bond donors (Lipinski definition) is 2. The molecule has 0 bridgehead atoms. The van der Waals surface area contributed by atoms with Crippen LogP contribution >= 0.6 is 31.9 Å². The summed E-state index contributed by atoms with van der Waals surface area (Å²) in [7, 11) is 0. The highest BCUT2D eigenvalue weighted by Crippen LogP contribution is 2.11. The van der Waals surface area contributed by atoms with Gasteiger partial charge < -0.3 is 10.3 Å². The zero-order valence-electron chi connectivity index (χ0n) is 8.72. The van der Waals surface area contributed by atoms with Gasteiger partial charge in [-0.1, -0.05) is 31.9 Å². The van der Waals surface area contributed by atoms with Crippen molar-refractivity contribution in [3.63, 3.8) is 0 Å². The van der Waals surface area contributed by atoms with E-state index in [1.54, 1.807) is 0 Å². The number of H-pyrrole nitrogens is 1. The van der Waals surface area contributed by atoms with Crippen molar-refractivity contribution in [3.8, 4) is 0 Å². The molecule has 1 amide bonds. The number of rotatable bonds is 4. The van der Waals surface area contributed by atoms with Crippen molar-refractivity contribution < 1.29 is 4.79 Å². The number of pyridine rings is 1. The van der Waals surface area contributed by atoms with Crippen molar-refractivity contribution in [1.29, 1.82) is 0 Å². The monoisotopic (exact) mass is 350 g/mol. The average molecular weight is 352 g/mol. The van der Waals surface area contributed by atoms with Crippen molar-refractivity contribution in [2.24, 2.45) is 0 Å². The molecular weight excluding hydrogens is 340 g/mol. The molecule has 0 aliphatic rings. The van der Waals surface area contributed by atoms with Gasteiger partial charge in [-0.05, 0) is 6.92 Å². The molecule has 1 rings (SSSR count). The molecule has 6 heteroatoms. The van der Waals surface area contributed by atoms with Crippen LogP contribution in [0.3, 0.4) is 0 Å². The standard InChI is InChI=1S/C10H12Br2N2O2/c1-10(5-11,6-12)14-9(16)7-4-13-3-2-8(7)15/h2-4H,5-6H2,1H3,(H,13,15)(H,14,16). The molecule has 0 spiro atoms. The van der Waals surface area contributed by atoms with Gasteiger partial charge in [0.1, 0.15) is 5.56 Å². The lowest BCUT2D eigenvalue weighted by Crippen LogP contribution is -2.49. The van der Waals surface area contributed by atoms with Crippen LogP contribution in [0.1, 0.15) is 17.3 Å². The smallest absolute Gasteiger partial charge is 0.257 e. The van der Waals surface area contributed by atoms with E-state index in [9.17, 15) is 9.59 Å². The van der Waals surface area contributed by atoms with E-state index in [1.807, 2.05) is 6.92 Å². The third kappa shape index (κ3) is 3.18. The van der Waals surface area contributed by atoms with Gasteiger partial charge in [-0.15, -0.1) is 0 Å². The van der Waals surface area contributed by atoms with Gasteiger partial charge in [0, 0.05) is 29.1 Å². The van der Waals surface area contributed by atoms with Crippen LogP contribution in [-0.4, -0.2) is 27.1 Å². The zero-order chi connectivity index (χ0) is 12.2. The third-order valence-electron chi connectivity index (χ3n) is 2.07. The Morgan fingerprint density at radius 2 is 2.12 bits per heavy atom. The fourth-order valence-electron chi connectivity index (χ4n) is 1.04. The second-order valence-corrected chi connectivity index (χ2v) is 4.83. The lowest BCUT2D eigenvalue weighted by atomic mass is 10.1. The largest absolute Gasteiger partial charge is 0.367 e. The molecular formula is C10H12Br2N2O2. The fraction of sp³-hybridized carbons (Fsp3) is 0.400. The molecule has 0 saturated heterocycles. The number of halogens is 2. The maximum Gasteiger partial charge on any atom is 0.257 e. The number of carbonyl (C=O) groups is 1. The van der Waals surface area contributed by atoms with Crippen molar-refractivity contribution in [1.82, 2.24) is 10.3 Å². The maximum atomic E-state index is 11.8. The van der Waals surface area contributed by atoms with Crippen molar-refractivity contribution in [3.05, 3.63) is 34.2 Å². The van der Waals surface area contributed by atoms with Crippen LogP contribution in [0.25, 0.3) is 0 Å². The summed E-state index contributed by atoms with van der Waals surface area (Å²) in [5.74, 6) is -0.372. The quantitative estimate of drug-likeness (QED) is 0.810. The van der Waals surface area contributed by atoms with Gasteiger partial charge in [-0.25, -0.2) is 0 Å². The van der Waals surface area contributed by atoms with E-state index in [-0.39, 0.29) is 16.9 Å². The predicted molar refractivity (Wildman–Crippen MR) is 70.5 cm³/mol. The number of aromatic nitrogens is 1. The Morgan fingerprint density at radius 1 is 1.50 bits per heavy atom. The number of carbonyl (C=O) groups excluding carboxylic acids is 1. The Kier molecular flexibility index (Phi) is 4.73. The molecule has 88 valence electrons. The first-order valence-corrected chi connectivity index (χ1v) is 6.88. The van der Waals surface area contributed by atoms with E-state index >= 15 is 0 Å². The molecule has 0 atom stereocenters. The van der Waals surface area contributed by atoms with Crippen molar-refractivity contribution in [2.75, 3.05) is 10.7 Å². The molecule has 1 aromatic rings. The molecule has 1 aromatic heterocycles. The van der Waals surface area contributed by atoms with Crippen LogP contribution in [0.15, 0.2) is 23.3 Å². The summed E-state index contributed by atoms with van der Waals surface area (Å²) in [5, 5.41) is 4.00. The lowest BCUT2D eigenvalue weighted by Gasteiger charge is -2.26. The minimum atomic E-state index is -0.417. The summed E-state index contributed by atoms with van der Waals surface area (Å²) in [5.41, 5.74) is -0.585. The van der Waals surface area contributed by atoms with Gasteiger partial charge in [0.15, 0.2) is 5.43 Å². The summed E-state index contributed by atoms with van der Waals surface area (Å²) >= 11 is 6.64. The molecule has 0 aliphatic carbocycles. The van der Waals surface area contributed by atoms with Gasteiger partial charge >= 0.3 is 0 Å². The van der Waals surface area contributed by atoms with Crippen LogP contribution in [0.4, 0.5) is 0 Å². The summed E-state index contributed by atoms with van der Waals surface area (Å²) in [6.07, 6.45) is 2.90. The minimum Gasteiger partial charge on any atom is -0.367 e. The average Bonchev–Trinajstić information content (AvgIpc) is 2.29. The Morgan fingerprint density at radius 3 is 2.62 bits per heavy atom. The molecule has 1 heterocycles. The molecule has 0 aromatic carbocycles. The highest BCUT2D eigenvalue weighted by atomic mass is 79.9. The predicted octanol–water partition coefficient (Wildman–Crippen LogP) is 1.65. The van der Waals surface area contributed by atoms with Crippen LogP contribution in [0.2, 0.25) is 0 Å². The van der Waals surface area contributed by atoms with Crippen molar-refractivity contribution in [2.45, 2.75) is 12.5 Å². The molecule has 0 radical (unpaired) electrons. The number of nitrogens with one attached hydrogen (secondary N) is 2. The highest BCUT2D eigenvalue weighted by Gasteiger charge is 2.25. The second kappa shape index (κ2) is 5.63. The van der Waals surface area contributed by atoms with Gasteiger partial charge in [0.2, 0.25) is 0 Å². The van der Waals surface area contributed by atoms with Crippen LogP contribution in [-0.2, 0) is 0 Å². The van der Waals surface area contributed by atoms with E-state index in [2.05, 4.69) is 42.2 Å². The van der Waals surface area contributed by atoms with E-state index in [0.29, 0.717) is 10.7 Å². The van der Waals surface area contributed by atoms with Gasteiger partial charge in [-0.3, -0.25) is 9.59 Å². The van der Waals surface area contributed by atoms with Crippen LogP contribution in [0.5, 0.6) is 0 Å². The van der Waals surface area contributed by atoms with Gasteiger partial charge in [0.25, 0.3) is 5.91 Å². The van der Waals surface area contributed by atoms with Crippen molar-refractivity contribution >= 4 is 37.8 Å². The van der Waals surface area contributed by atoms with E-state index in [1.165, 1.54) is 18.5 Å². The first-order valence-electron chi connectivity index (χ1n) is 4.64. The Hall–Kier alpha value is -0.620. The molecule has 0 unspecified atom stereocenters. The van der Waals surface area contributed by atoms with E-state index in [0.717, 1.165) is 0 Å². The molecule has 0 saturated carbocycles. The fourth-order valence-corrected chi connectivity index (χ4v) is 2.25. The molecule has 16 heavy (non-hydrogen) atoms. The Balaban J connectivity index is 2.89. The maximum absolute atomic E-state index is 11.8. The van der Waals surface area contributed by atoms with Crippen LogP contribution < -0.4 is 10.7 Å². The topological polar surface area (TPSA) is 62.0 Å². The van der Waals surface area contributed by atoms with E-state index in [4.69, 9.17) is 0 Å². The summed E-state index contributed by atoms with van der Waals surface area (Å²) in [4.78, 5) is 26.0. The normalized spacial score (nSPS) is 11.2. The molecule has 0 fully saturated rings. The lowest BCUT2D eigenvalue weighted by molar-refractivity contribution is 0.0921. The van der Waals surface area contributed by atoms with Gasteiger partial charge in [0.05, 0.1) is 5.54 Å². The van der Waals surface area contributed by atoms with E-state index < -0.39 is 5.54 Å². The zero-order valence-corrected chi connectivity index (χ0v) is 11.9. The Bertz CT molecular complexity index is 427. The molecule has 0 aliphatic heterocycles. The summed E-state index contributed by atoms with van der Waals surface area (Å²) in [6.45, 7) is 1.88. The number of aromatic amines is 1. The minimum absolute atomic E-state index is 0.121. The third-order valence-corrected chi connectivity index (χ3v) is 4.55. The number of amides is 1. The molecule has 4 nitrogen and oxygen atoms in total. The first-order chi connectivity index (χ1) is 7.52. The Labute approximate surface area is 110 Å². The first kappa shape index (κ1) is 13.4.